The molecule has 140 valence electrons. The minimum Gasteiger partial charge on any atom is -0.335 e. The lowest BCUT2D eigenvalue weighted by Crippen LogP contribution is -3.11. The van der Waals surface area contributed by atoms with Crippen molar-refractivity contribution in [2.45, 2.75) is 57.4 Å². The molecule has 0 aliphatic carbocycles. The highest BCUT2D eigenvalue weighted by molar-refractivity contribution is 7.89. The van der Waals surface area contributed by atoms with Crippen LogP contribution in [0.5, 0.6) is 0 Å². The van der Waals surface area contributed by atoms with Gasteiger partial charge in [-0.15, -0.1) is 0 Å². The Bertz CT molecular complexity index is 700. The zero-order valence-electron chi connectivity index (χ0n) is 15.4. The zero-order valence-corrected chi connectivity index (χ0v) is 16.2. The number of quaternary nitrogens is 1. The maximum atomic E-state index is 12.6. The summed E-state index contributed by atoms with van der Waals surface area (Å²) in [5, 5.41) is 2.77. The molecule has 1 aliphatic heterocycles. The molecule has 2 rings (SSSR count). The number of hydrogen-bond acceptors (Lipinski definition) is 3. The summed E-state index contributed by atoms with van der Waals surface area (Å²) in [7, 11) is -3.54. The molecule has 0 fully saturated rings. The van der Waals surface area contributed by atoms with Crippen LogP contribution in [-0.4, -0.2) is 40.0 Å². The lowest BCUT2D eigenvalue weighted by Gasteiger charge is -2.19. The van der Waals surface area contributed by atoms with E-state index in [1.54, 1.807) is 18.2 Å². The summed E-state index contributed by atoms with van der Waals surface area (Å²) < 4.78 is 28.0. The van der Waals surface area contributed by atoms with Gasteiger partial charge in [-0.05, 0) is 63.8 Å². The number of carbonyl (C=O) groups excluding carboxylic acids is 1. The third kappa shape index (κ3) is 5.52. The largest absolute Gasteiger partial charge is 0.335 e. The Kier molecular flexibility index (Phi) is 6.98. The van der Waals surface area contributed by atoms with Gasteiger partial charge >= 0.3 is 0 Å². The van der Waals surface area contributed by atoms with Crippen molar-refractivity contribution in [3.05, 3.63) is 23.8 Å². The van der Waals surface area contributed by atoms with Gasteiger partial charge in [0.1, 0.15) is 0 Å². The van der Waals surface area contributed by atoms with Crippen molar-refractivity contribution in [1.82, 2.24) is 4.72 Å². The Balaban J connectivity index is 1.96. The van der Waals surface area contributed by atoms with E-state index in [0.717, 1.165) is 38.0 Å². The molecule has 3 N–H and O–H groups in total. The number of rotatable bonds is 9. The molecule has 1 aromatic carbocycles. The molecule has 0 bridgehead atoms. The van der Waals surface area contributed by atoms with E-state index in [0.29, 0.717) is 18.5 Å². The van der Waals surface area contributed by atoms with Gasteiger partial charge in [-0.1, -0.05) is 0 Å². The molecular weight excluding hydrogens is 338 g/mol. The van der Waals surface area contributed by atoms with E-state index < -0.39 is 10.0 Å². The molecule has 25 heavy (non-hydrogen) atoms. The van der Waals surface area contributed by atoms with Crippen LogP contribution < -0.4 is 14.9 Å². The second kappa shape index (κ2) is 8.78. The van der Waals surface area contributed by atoms with Crippen molar-refractivity contribution in [3.8, 4) is 0 Å². The fourth-order valence-corrected chi connectivity index (χ4v) is 4.51. The Morgan fingerprint density at radius 2 is 1.96 bits per heavy atom. The molecule has 0 saturated heterocycles. The van der Waals surface area contributed by atoms with Crippen LogP contribution in [0.3, 0.4) is 0 Å². The normalized spacial score (nSPS) is 15.8. The van der Waals surface area contributed by atoms with Gasteiger partial charge in [-0.25, -0.2) is 13.1 Å². The molecule has 0 spiro atoms. The first-order chi connectivity index (χ1) is 11.9. The predicted octanol–water partition coefficient (Wildman–Crippen LogP) is 0.943. The van der Waals surface area contributed by atoms with Gasteiger partial charge in [0.15, 0.2) is 0 Å². The fourth-order valence-electron chi connectivity index (χ4n) is 3.18. The van der Waals surface area contributed by atoms with Gasteiger partial charge in [0.25, 0.3) is 0 Å². The molecule has 0 unspecified atom stereocenters. The maximum absolute atomic E-state index is 12.6. The molecule has 0 saturated carbocycles. The average molecular weight is 369 g/mol. The number of carbonyl (C=O) groups is 1. The number of anilines is 1. The number of fused-ring (bicyclic) bond motifs is 1. The summed E-state index contributed by atoms with van der Waals surface area (Å²) in [6.45, 7) is 9.52. The summed E-state index contributed by atoms with van der Waals surface area (Å²) in [6.07, 6.45) is 2.79. The van der Waals surface area contributed by atoms with Gasteiger partial charge in [0, 0.05) is 18.2 Å². The Labute approximate surface area is 151 Å². The van der Waals surface area contributed by atoms with E-state index in [4.69, 9.17) is 0 Å². The molecule has 6 nitrogen and oxygen atoms in total. The highest BCUT2D eigenvalue weighted by Crippen LogP contribution is 2.25. The summed E-state index contributed by atoms with van der Waals surface area (Å²) in [5.74, 6) is -0.0230. The standard InChI is InChI=1S/C18H29N3O3S/c1-4-21(5-2)12-6-7-14(3)20-25(23,24)16-9-10-17-15(13-16)8-11-18(22)19-17/h9-10,13-14,20H,4-8,11-12H2,1-3H3,(H,19,22)/p+1/t14-/m1/s1. The third-order valence-corrected chi connectivity index (χ3v) is 6.39. The van der Waals surface area contributed by atoms with Crippen LogP contribution in [0.15, 0.2) is 23.1 Å². The van der Waals surface area contributed by atoms with Gasteiger partial charge < -0.3 is 10.2 Å². The SMILES string of the molecule is CC[NH+](CC)CCC[C@@H](C)NS(=O)(=O)c1ccc2c(c1)CCC(=O)N2. The van der Waals surface area contributed by atoms with Gasteiger partial charge in [-0.2, -0.15) is 0 Å². The number of sulfonamides is 1. The molecule has 1 aliphatic rings. The van der Waals surface area contributed by atoms with Crippen LogP contribution in [0.1, 0.15) is 45.6 Å². The van der Waals surface area contributed by atoms with Crippen LogP contribution in [-0.2, 0) is 21.2 Å². The summed E-state index contributed by atoms with van der Waals surface area (Å²) in [5.41, 5.74) is 1.59. The number of amides is 1. The molecule has 1 heterocycles. The van der Waals surface area contributed by atoms with E-state index in [9.17, 15) is 13.2 Å². The fraction of sp³-hybridized carbons (Fsp3) is 0.611. The molecule has 0 aromatic heterocycles. The van der Waals surface area contributed by atoms with Crippen molar-refractivity contribution in [2.75, 3.05) is 25.0 Å². The lowest BCUT2D eigenvalue weighted by atomic mass is 10.0. The van der Waals surface area contributed by atoms with Crippen molar-refractivity contribution < 1.29 is 18.1 Å². The third-order valence-electron chi connectivity index (χ3n) is 4.81. The Hall–Kier alpha value is -1.44. The van der Waals surface area contributed by atoms with Crippen LogP contribution in [0.4, 0.5) is 5.69 Å². The lowest BCUT2D eigenvalue weighted by molar-refractivity contribution is -0.896. The summed E-state index contributed by atoms with van der Waals surface area (Å²) in [6, 6.07) is 4.80. The van der Waals surface area contributed by atoms with E-state index in [2.05, 4.69) is 23.9 Å². The second-order valence-corrected chi connectivity index (χ2v) is 8.45. The van der Waals surface area contributed by atoms with Crippen molar-refractivity contribution in [2.24, 2.45) is 0 Å². The van der Waals surface area contributed by atoms with Crippen LogP contribution in [0.2, 0.25) is 0 Å². The van der Waals surface area contributed by atoms with Crippen LogP contribution in [0, 0.1) is 0 Å². The molecular formula is C18H30N3O3S+. The number of aryl methyl sites for hydroxylation is 1. The summed E-state index contributed by atoms with van der Waals surface area (Å²) >= 11 is 0. The van der Waals surface area contributed by atoms with E-state index in [-0.39, 0.29) is 16.8 Å². The summed E-state index contributed by atoms with van der Waals surface area (Å²) in [4.78, 5) is 13.2. The van der Waals surface area contributed by atoms with Crippen LogP contribution >= 0.6 is 0 Å². The molecule has 1 aromatic rings. The molecule has 1 amide bonds. The highest BCUT2D eigenvalue weighted by Gasteiger charge is 2.21. The molecule has 0 radical (unpaired) electrons. The first-order valence-electron chi connectivity index (χ1n) is 9.14. The highest BCUT2D eigenvalue weighted by atomic mass is 32.2. The average Bonchev–Trinajstić information content (AvgIpc) is 2.57. The Morgan fingerprint density at radius 3 is 2.64 bits per heavy atom. The van der Waals surface area contributed by atoms with Gasteiger partial charge in [0.2, 0.25) is 15.9 Å². The maximum Gasteiger partial charge on any atom is 0.240 e. The van der Waals surface area contributed by atoms with Crippen molar-refractivity contribution in [1.29, 1.82) is 0 Å². The first-order valence-corrected chi connectivity index (χ1v) is 10.6. The van der Waals surface area contributed by atoms with Crippen molar-refractivity contribution >= 4 is 21.6 Å². The second-order valence-electron chi connectivity index (χ2n) is 6.74. The molecule has 7 heteroatoms. The van der Waals surface area contributed by atoms with E-state index >= 15 is 0 Å². The number of nitrogens with one attached hydrogen (secondary N) is 3. The van der Waals surface area contributed by atoms with Crippen LogP contribution in [0.25, 0.3) is 0 Å². The van der Waals surface area contributed by atoms with E-state index in [1.807, 2.05) is 6.92 Å². The smallest absolute Gasteiger partial charge is 0.240 e. The zero-order chi connectivity index (χ0) is 18.4. The number of benzene rings is 1. The Morgan fingerprint density at radius 1 is 1.24 bits per heavy atom. The van der Waals surface area contributed by atoms with E-state index in [1.165, 1.54) is 4.90 Å². The van der Waals surface area contributed by atoms with Crippen molar-refractivity contribution in [3.63, 3.8) is 0 Å². The monoisotopic (exact) mass is 368 g/mol. The predicted molar refractivity (Wildman–Crippen MR) is 99.3 cm³/mol. The van der Waals surface area contributed by atoms with Gasteiger partial charge in [-0.3, -0.25) is 4.79 Å². The van der Waals surface area contributed by atoms with Gasteiger partial charge in [0.05, 0.1) is 24.5 Å². The molecule has 1 atom stereocenters. The minimum absolute atomic E-state index is 0.0230. The number of hydrogen-bond donors (Lipinski definition) is 3. The minimum atomic E-state index is -3.54. The quantitative estimate of drug-likeness (QED) is 0.607. The topological polar surface area (TPSA) is 79.7 Å². The first kappa shape index (κ1) is 19.9.